The second-order valence-corrected chi connectivity index (χ2v) is 13.8. The number of hydrogen-bond acceptors (Lipinski definition) is 6. The van der Waals surface area contributed by atoms with Crippen molar-refractivity contribution < 1.29 is 27.9 Å². The van der Waals surface area contributed by atoms with Crippen molar-refractivity contribution in [2.24, 2.45) is 11.8 Å². The number of amides is 1. The number of Topliss-reactive ketones (excluding diaryl/α,β-unsaturated/α-hetero) is 1. The van der Waals surface area contributed by atoms with Crippen molar-refractivity contribution in [2.45, 2.75) is 83.1 Å². The molecule has 1 amide bonds. The van der Waals surface area contributed by atoms with Crippen LogP contribution in [0.15, 0.2) is 47.4 Å². The van der Waals surface area contributed by atoms with Crippen LogP contribution >= 0.6 is 0 Å². The highest BCUT2D eigenvalue weighted by Crippen LogP contribution is 2.28. The van der Waals surface area contributed by atoms with Gasteiger partial charge in [-0.05, 0) is 93.7 Å². The van der Waals surface area contributed by atoms with Crippen LogP contribution in [0.25, 0.3) is 0 Å². The van der Waals surface area contributed by atoms with E-state index in [0.29, 0.717) is 5.92 Å². The monoisotopic (exact) mass is 613 g/mol. The molecule has 0 spiro atoms. The maximum absolute atomic E-state index is 12.4. The Morgan fingerprint density at radius 3 is 2.26 bits per heavy atom. The minimum Gasteiger partial charge on any atom is -0.483 e. The summed E-state index contributed by atoms with van der Waals surface area (Å²) >= 11 is 0. The van der Waals surface area contributed by atoms with Gasteiger partial charge in [-0.25, -0.2) is 13.1 Å². The summed E-state index contributed by atoms with van der Waals surface area (Å²) in [4.78, 5) is 36.0. The first-order valence-electron chi connectivity index (χ1n) is 15.3. The number of fused-ring (bicyclic) bond motifs is 1. The molecule has 1 aliphatic carbocycles. The third-order valence-electron chi connectivity index (χ3n) is 8.45. The fourth-order valence-corrected chi connectivity index (χ4v) is 6.87. The zero-order valence-electron chi connectivity index (χ0n) is 25.7. The van der Waals surface area contributed by atoms with E-state index in [9.17, 15) is 18.0 Å². The van der Waals surface area contributed by atoms with Crippen LogP contribution in [-0.2, 0) is 32.5 Å². The zero-order chi connectivity index (χ0) is 31.4. The number of aryl methyl sites for hydroxylation is 1. The summed E-state index contributed by atoms with van der Waals surface area (Å²) in [6, 6.07) is 13.1. The van der Waals surface area contributed by atoms with Crippen molar-refractivity contribution in [3.8, 4) is 0 Å². The summed E-state index contributed by atoms with van der Waals surface area (Å²) in [5, 5.41) is 10.00. The average Bonchev–Trinajstić information content (AvgIpc) is 3.18. The average molecular weight is 614 g/mol. The van der Waals surface area contributed by atoms with Crippen LogP contribution in [0.3, 0.4) is 0 Å². The van der Waals surface area contributed by atoms with E-state index in [0.717, 1.165) is 69.3 Å². The van der Waals surface area contributed by atoms with Crippen LogP contribution < -0.4 is 10.0 Å². The molecule has 9 nitrogen and oxygen atoms in total. The molecular formula is C33H47N3O6S. The molecule has 3 N–H and O–H groups in total. The summed E-state index contributed by atoms with van der Waals surface area (Å²) in [5.74, 6) is 0.820. The Kier molecular flexibility index (Phi) is 13.3. The number of nitrogens with one attached hydrogen (secondary N) is 2. The van der Waals surface area contributed by atoms with Crippen molar-refractivity contribution in [1.29, 1.82) is 0 Å². The van der Waals surface area contributed by atoms with Crippen LogP contribution in [0.1, 0.15) is 79.4 Å². The van der Waals surface area contributed by atoms with Gasteiger partial charge < -0.3 is 15.3 Å². The Bertz CT molecular complexity index is 1320. The van der Waals surface area contributed by atoms with E-state index in [1.807, 2.05) is 26.8 Å². The predicted molar refractivity (Wildman–Crippen MR) is 168 cm³/mol. The number of sulfonamides is 1. The molecule has 2 aliphatic rings. The number of carbonyl (C=O) groups is 3. The second kappa shape index (κ2) is 16.7. The van der Waals surface area contributed by atoms with Crippen LogP contribution in [0.2, 0.25) is 0 Å². The fourth-order valence-electron chi connectivity index (χ4n) is 5.84. The first-order chi connectivity index (χ1) is 20.5. The van der Waals surface area contributed by atoms with Crippen molar-refractivity contribution in [3.05, 3.63) is 64.7 Å². The largest absolute Gasteiger partial charge is 0.483 e. The fraction of sp³-hybridized carbons (Fsp3) is 0.545. The Balaban J connectivity index is 0.00000162. The lowest BCUT2D eigenvalue weighted by Gasteiger charge is -2.30. The van der Waals surface area contributed by atoms with Crippen molar-refractivity contribution in [3.63, 3.8) is 0 Å². The van der Waals surface area contributed by atoms with Crippen molar-refractivity contribution in [2.75, 3.05) is 26.2 Å². The number of carbonyl (C=O) groups excluding carboxylic acids is 2. The predicted octanol–water partition coefficient (Wildman–Crippen LogP) is 4.37. The van der Waals surface area contributed by atoms with Gasteiger partial charge in [0.15, 0.2) is 5.78 Å². The van der Waals surface area contributed by atoms with Gasteiger partial charge >= 0.3 is 0 Å². The SMILES string of the molecule is Cc1ccc(S(=O)(=O)NCCC(=O)N[C@H]2CC[C@H](CCN3CCc4ccc(C(=O)C(C)C)cc4CC3)CC2)cc1.O=CO. The number of carboxylic acid groups (broad SMARTS) is 1. The Morgan fingerprint density at radius 2 is 1.63 bits per heavy atom. The first-order valence-corrected chi connectivity index (χ1v) is 16.8. The molecule has 1 aliphatic heterocycles. The summed E-state index contributed by atoms with van der Waals surface area (Å²) < 4.78 is 27.3. The lowest BCUT2D eigenvalue weighted by molar-refractivity contribution is -0.123. The zero-order valence-corrected chi connectivity index (χ0v) is 26.5. The number of benzene rings is 2. The molecule has 236 valence electrons. The van der Waals surface area contributed by atoms with Crippen LogP contribution in [0, 0.1) is 18.8 Å². The quantitative estimate of drug-likeness (QED) is 0.253. The summed E-state index contributed by atoms with van der Waals surface area (Å²) in [6.45, 7) is 8.84. The third kappa shape index (κ3) is 10.9. The Morgan fingerprint density at radius 1 is 1.00 bits per heavy atom. The minimum absolute atomic E-state index is 0.0222. The number of nitrogens with zero attached hydrogens (tertiary/aromatic N) is 1. The standard InChI is InChI=1S/C32H45N3O4S.CH2O2/c1-23(2)32(37)28-9-8-26-16-20-35(21-17-27(26)22-28)19-15-25-6-10-29(11-7-25)34-31(36)14-18-33-40(38,39)30-12-4-24(3)5-13-30;2-1-3/h4-5,8-9,12-13,22-23,25,29,33H,6-7,10-11,14-21H2,1-3H3,(H,34,36);1H,(H,2,3)/t25-,29-;. The molecule has 1 heterocycles. The summed E-state index contributed by atoms with van der Waals surface area (Å²) in [6.07, 6.45) is 7.51. The molecule has 0 aromatic heterocycles. The molecule has 43 heavy (non-hydrogen) atoms. The number of ketones is 1. The normalized spacial score (nSPS) is 19.0. The number of hydrogen-bond donors (Lipinski definition) is 3. The highest BCUT2D eigenvalue weighted by Gasteiger charge is 2.24. The number of rotatable bonds is 11. The molecule has 0 radical (unpaired) electrons. The maximum Gasteiger partial charge on any atom is 0.290 e. The van der Waals surface area contributed by atoms with Gasteiger partial charge in [0.2, 0.25) is 15.9 Å². The molecule has 2 aromatic carbocycles. The molecule has 1 fully saturated rings. The van der Waals surface area contributed by atoms with E-state index < -0.39 is 10.0 Å². The van der Waals surface area contributed by atoms with Gasteiger partial charge in [0.1, 0.15) is 0 Å². The van der Waals surface area contributed by atoms with Crippen molar-refractivity contribution >= 4 is 28.2 Å². The van der Waals surface area contributed by atoms with Crippen LogP contribution in [0.4, 0.5) is 0 Å². The van der Waals surface area contributed by atoms with Gasteiger partial charge in [-0.15, -0.1) is 0 Å². The third-order valence-corrected chi connectivity index (χ3v) is 9.93. The molecule has 2 aromatic rings. The lowest BCUT2D eigenvalue weighted by Crippen LogP contribution is -2.39. The van der Waals surface area contributed by atoms with Gasteiger partial charge in [-0.2, -0.15) is 0 Å². The van der Waals surface area contributed by atoms with E-state index >= 15 is 0 Å². The second-order valence-electron chi connectivity index (χ2n) is 12.0. The van der Waals surface area contributed by atoms with E-state index in [-0.39, 0.29) is 48.0 Å². The molecule has 0 atom stereocenters. The maximum atomic E-state index is 12.4. The van der Waals surface area contributed by atoms with Gasteiger partial charge in [0.05, 0.1) is 4.90 Å². The summed E-state index contributed by atoms with van der Waals surface area (Å²) in [5.41, 5.74) is 4.54. The van der Waals surface area contributed by atoms with Crippen molar-refractivity contribution in [1.82, 2.24) is 14.9 Å². The van der Waals surface area contributed by atoms with Crippen LogP contribution in [-0.4, -0.2) is 68.8 Å². The summed E-state index contributed by atoms with van der Waals surface area (Å²) in [7, 11) is -3.60. The smallest absolute Gasteiger partial charge is 0.290 e. The highest BCUT2D eigenvalue weighted by atomic mass is 32.2. The Labute approximate surface area is 256 Å². The topological polar surface area (TPSA) is 133 Å². The minimum atomic E-state index is -3.60. The van der Waals surface area contributed by atoms with Gasteiger partial charge in [-0.1, -0.05) is 43.7 Å². The molecule has 10 heteroatoms. The van der Waals surface area contributed by atoms with E-state index in [1.165, 1.54) is 17.5 Å². The Hall–Kier alpha value is -3.08. The van der Waals surface area contributed by atoms with Gasteiger partial charge in [0.25, 0.3) is 6.47 Å². The van der Waals surface area contributed by atoms with Gasteiger partial charge in [-0.3, -0.25) is 14.4 Å². The van der Waals surface area contributed by atoms with E-state index in [4.69, 9.17) is 9.90 Å². The molecule has 0 unspecified atom stereocenters. The molecule has 4 rings (SSSR count). The highest BCUT2D eigenvalue weighted by molar-refractivity contribution is 7.89. The van der Waals surface area contributed by atoms with E-state index in [1.54, 1.807) is 24.3 Å². The lowest BCUT2D eigenvalue weighted by atomic mass is 9.84. The molecule has 1 saturated carbocycles. The molecule has 0 saturated heterocycles. The first kappa shape index (κ1) is 34.4. The van der Waals surface area contributed by atoms with Crippen LogP contribution in [0.5, 0.6) is 0 Å². The van der Waals surface area contributed by atoms with E-state index in [2.05, 4.69) is 27.1 Å². The molecule has 0 bridgehead atoms. The molecular weight excluding hydrogens is 566 g/mol. The van der Waals surface area contributed by atoms with Gasteiger partial charge in [0, 0.05) is 43.6 Å².